The summed E-state index contributed by atoms with van der Waals surface area (Å²) in [7, 11) is -2.03. The van der Waals surface area contributed by atoms with Crippen LogP contribution < -0.4 is 14.9 Å². The second kappa shape index (κ2) is 11.9. The SMILES string of the molecule is CC1CC1CN(Cc1ccccc1)c1cc(-c2cc([C@@](C)(N)Cc3ccccc3)[nH]n2)cc(N(C)S(=O)(=O)C(C)C)n1. The Morgan fingerprint density at radius 1 is 1.00 bits per heavy atom. The zero-order valence-electron chi connectivity index (χ0n) is 25.2. The Hall–Kier alpha value is -3.69. The molecule has 222 valence electrons. The van der Waals surface area contributed by atoms with Crippen LogP contribution in [0.4, 0.5) is 11.6 Å². The van der Waals surface area contributed by atoms with Crippen LogP contribution in [0.1, 0.15) is 50.9 Å². The molecule has 1 aliphatic carbocycles. The zero-order valence-corrected chi connectivity index (χ0v) is 26.0. The molecular formula is C33H42N6O2S. The van der Waals surface area contributed by atoms with Crippen molar-refractivity contribution in [2.24, 2.45) is 17.6 Å². The van der Waals surface area contributed by atoms with Crippen LogP contribution in [0.5, 0.6) is 0 Å². The van der Waals surface area contributed by atoms with Crippen molar-refractivity contribution in [1.29, 1.82) is 0 Å². The molecule has 5 rings (SSSR count). The van der Waals surface area contributed by atoms with Gasteiger partial charge < -0.3 is 10.6 Å². The third kappa shape index (κ3) is 6.68. The van der Waals surface area contributed by atoms with Crippen molar-refractivity contribution in [3.8, 4) is 11.3 Å². The molecule has 0 spiro atoms. The summed E-state index contributed by atoms with van der Waals surface area (Å²) in [5, 5.41) is 7.21. The molecule has 1 aliphatic rings. The van der Waals surface area contributed by atoms with E-state index in [2.05, 4.69) is 46.3 Å². The lowest BCUT2D eigenvalue weighted by Gasteiger charge is -2.27. The quantitative estimate of drug-likeness (QED) is 0.220. The van der Waals surface area contributed by atoms with Crippen molar-refractivity contribution >= 4 is 21.7 Å². The summed E-state index contributed by atoms with van der Waals surface area (Å²) < 4.78 is 27.7. The summed E-state index contributed by atoms with van der Waals surface area (Å²) in [6.45, 7) is 9.14. The average Bonchev–Trinajstić information content (AvgIpc) is 3.42. The summed E-state index contributed by atoms with van der Waals surface area (Å²) in [5.74, 6) is 2.33. The summed E-state index contributed by atoms with van der Waals surface area (Å²) in [6, 6.07) is 26.2. The molecule has 2 unspecified atom stereocenters. The first-order valence-electron chi connectivity index (χ1n) is 14.6. The second-order valence-electron chi connectivity index (χ2n) is 12.2. The Morgan fingerprint density at radius 2 is 1.60 bits per heavy atom. The Balaban J connectivity index is 1.55. The van der Waals surface area contributed by atoms with E-state index in [4.69, 9.17) is 10.7 Å². The van der Waals surface area contributed by atoms with Gasteiger partial charge in [-0.3, -0.25) is 9.40 Å². The molecule has 2 aromatic carbocycles. The van der Waals surface area contributed by atoms with E-state index in [0.29, 0.717) is 36.3 Å². The standard InChI is InChI=1S/C33H42N6O2S/c1-23(2)42(40,41)38(5)31-17-27(29-19-30(37-36-29)33(4,34)20-25-12-8-6-9-13-25)18-32(35-31)39(22-28-16-24(28)3)21-26-14-10-7-11-15-26/h6-15,17-19,23-24,28H,16,20-22,34H2,1-5H3,(H,36,37)/t24?,28?,33-/m0/s1. The Labute approximate surface area is 250 Å². The molecule has 0 saturated heterocycles. The van der Waals surface area contributed by atoms with Crippen molar-refractivity contribution in [2.45, 2.75) is 57.9 Å². The maximum Gasteiger partial charge on any atom is 0.238 e. The molecule has 42 heavy (non-hydrogen) atoms. The van der Waals surface area contributed by atoms with E-state index in [-0.39, 0.29) is 0 Å². The molecule has 0 aliphatic heterocycles. The van der Waals surface area contributed by atoms with Crippen LogP contribution in [0.2, 0.25) is 0 Å². The monoisotopic (exact) mass is 586 g/mol. The second-order valence-corrected chi connectivity index (χ2v) is 14.7. The number of sulfonamides is 1. The van der Waals surface area contributed by atoms with Gasteiger partial charge in [-0.2, -0.15) is 5.10 Å². The number of hydrogen-bond acceptors (Lipinski definition) is 6. The van der Waals surface area contributed by atoms with Crippen LogP contribution in [0.25, 0.3) is 11.3 Å². The predicted octanol–water partition coefficient (Wildman–Crippen LogP) is 5.73. The van der Waals surface area contributed by atoms with E-state index in [0.717, 1.165) is 29.2 Å². The number of pyridine rings is 1. The fraction of sp³-hybridized carbons (Fsp3) is 0.394. The predicted molar refractivity (Wildman–Crippen MR) is 171 cm³/mol. The summed E-state index contributed by atoms with van der Waals surface area (Å²) in [4.78, 5) is 7.20. The van der Waals surface area contributed by atoms with Gasteiger partial charge in [-0.1, -0.05) is 67.6 Å². The van der Waals surface area contributed by atoms with Crippen molar-refractivity contribution in [2.75, 3.05) is 22.8 Å². The van der Waals surface area contributed by atoms with Gasteiger partial charge in [0.15, 0.2) is 0 Å². The number of nitrogens with zero attached hydrogens (tertiary/aromatic N) is 4. The molecule has 1 saturated carbocycles. The fourth-order valence-corrected chi connectivity index (χ4v) is 6.26. The minimum Gasteiger partial charge on any atom is -0.352 e. The highest BCUT2D eigenvalue weighted by molar-refractivity contribution is 7.93. The summed E-state index contributed by atoms with van der Waals surface area (Å²) in [6.07, 6.45) is 1.82. The largest absolute Gasteiger partial charge is 0.352 e. The highest BCUT2D eigenvalue weighted by Crippen LogP contribution is 2.40. The minimum absolute atomic E-state index is 0.363. The summed E-state index contributed by atoms with van der Waals surface area (Å²) in [5.41, 5.74) is 10.7. The van der Waals surface area contributed by atoms with Crippen LogP contribution in [0.15, 0.2) is 78.9 Å². The number of anilines is 2. The number of H-pyrrole nitrogens is 1. The lowest BCUT2D eigenvalue weighted by molar-refractivity contribution is 0.475. The van der Waals surface area contributed by atoms with Gasteiger partial charge in [-0.25, -0.2) is 13.4 Å². The summed E-state index contributed by atoms with van der Waals surface area (Å²) >= 11 is 0. The van der Waals surface area contributed by atoms with Crippen molar-refractivity contribution in [3.05, 3.63) is 95.7 Å². The molecule has 2 heterocycles. The van der Waals surface area contributed by atoms with Gasteiger partial charge in [0, 0.05) is 25.7 Å². The Bertz CT molecular complexity index is 1600. The molecule has 0 radical (unpaired) electrons. The maximum atomic E-state index is 13.2. The molecule has 0 amide bonds. The number of aromatic amines is 1. The molecule has 3 N–H and O–H groups in total. The highest BCUT2D eigenvalue weighted by atomic mass is 32.2. The van der Waals surface area contributed by atoms with E-state index in [1.807, 2.05) is 55.5 Å². The van der Waals surface area contributed by atoms with Gasteiger partial charge in [-0.15, -0.1) is 0 Å². The van der Waals surface area contributed by atoms with Crippen molar-refractivity contribution in [1.82, 2.24) is 15.2 Å². The van der Waals surface area contributed by atoms with E-state index in [9.17, 15) is 8.42 Å². The van der Waals surface area contributed by atoms with E-state index >= 15 is 0 Å². The Morgan fingerprint density at radius 3 is 2.19 bits per heavy atom. The van der Waals surface area contributed by atoms with Gasteiger partial charge >= 0.3 is 0 Å². The topological polar surface area (TPSA) is 108 Å². The molecular weight excluding hydrogens is 544 g/mol. The first-order valence-corrected chi connectivity index (χ1v) is 16.1. The molecule has 8 nitrogen and oxygen atoms in total. The number of benzene rings is 2. The molecule has 3 atom stereocenters. The zero-order chi connectivity index (χ0) is 30.1. The van der Waals surface area contributed by atoms with Crippen LogP contribution >= 0.6 is 0 Å². The van der Waals surface area contributed by atoms with Crippen molar-refractivity contribution in [3.63, 3.8) is 0 Å². The molecule has 0 bridgehead atoms. The van der Waals surface area contributed by atoms with Crippen LogP contribution in [-0.2, 0) is 28.5 Å². The Kier molecular flexibility index (Phi) is 8.44. The van der Waals surface area contributed by atoms with Gasteiger partial charge in [0.1, 0.15) is 11.6 Å². The lowest BCUT2D eigenvalue weighted by atomic mass is 9.90. The van der Waals surface area contributed by atoms with E-state index in [1.165, 1.54) is 16.3 Å². The number of rotatable bonds is 12. The van der Waals surface area contributed by atoms with Crippen LogP contribution in [-0.4, -0.2) is 42.4 Å². The normalized spacial score (nSPS) is 18.1. The van der Waals surface area contributed by atoms with Gasteiger partial charge in [0.2, 0.25) is 10.0 Å². The van der Waals surface area contributed by atoms with Crippen LogP contribution in [0.3, 0.4) is 0 Å². The van der Waals surface area contributed by atoms with Crippen LogP contribution in [0, 0.1) is 11.8 Å². The lowest BCUT2D eigenvalue weighted by Crippen LogP contribution is -2.35. The number of hydrogen-bond donors (Lipinski definition) is 2. The van der Waals surface area contributed by atoms with E-state index < -0.39 is 20.8 Å². The first-order chi connectivity index (χ1) is 19.9. The van der Waals surface area contributed by atoms with Gasteiger partial charge in [0.05, 0.1) is 22.2 Å². The fourth-order valence-electron chi connectivity index (χ4n) is 5.28. The minimum atomic E-state index is -3.60. The third-order valence-electron chi connectivity index (χ3n) is 8.27. The average molecular weight is 587 g/mol. The molecule has 4 aromatic rings. The number of aromatic nitrogens is 3. The van der Waals surface area contributed by atoms with Crippen molar-refractivity contribution < 1.29 is 8.42 Å². The van der Waals surface area contributed by atoms with Gasteiger partial charge in [-0.05, 0) is 74.8 Å². The van der Waals surface area contributed by atoms with Gasteiger partial charge in [0.25, 0.3) is 0 Å². The van der Waals surface area contributed by atoms with E-state index in [1.54, 1.807) is 27.0 Å². The number of nitrogens with one attached hydrogen (secondary N) is 1. The third-order valence-corrected chi connectivity index (χ3v) is 10.4. The smallest absolute Gasteiger partial charge is 0.238 e. The molecule has 2 aromatic heterocycles. The number of nitrogens with two attached hydrogens (primary N) is 1. The molecule has 1 fully saturated rings. The first kappa shape index (κ1) is 29.8. The highest BCUT2D eigenvalue weighted by Gasteiger charge is 2.35. The maximum absolute atomic E-state index is 13.2. The molecule has 9 heteroatoms.